The van der Waals surface area contributed by atoms with E-state index in [2.05, 4.69) is 20.5 Å². The number of rotatable bonds is 3. The molecule has 0 fully saturated rings. The van der Waals surface area contributed by atoms with E-state index in [9.17, 15) is 4.79 Å². The summed E-state index contributed by atoms with van der Waals surface area (Å²) in [5.41, 5.74) is 1.09. The molecule has 0 aliphatic carbocycles. The molecule has 0 aromatic carbocycles. The van der Waals surface area contributed by atoms with E-state index in [4.69, 9.17) is 4.74 Å². The van der Waals surface area contributed by atoms with Crippen LogP contribution in [0.4, 0.5) is 5.82 Å². The number of amides is 1. The first-order valence-electron chi connectivity index (χ1n) is 5.31. The lowest BCUT2D eigenvalue weighted by Crippen LogP contribution is -2.16. The van der Waals surface area contributed by atoms with Crippen molar-refractivity contribution < 1.29 is 9.53 Å². The highest BCUT2D eigenvalue weighted by molar-refractivity contribution is 6.02. The number of pyridine rings is 1. The molecule has 0 atom stereocenters. The van der Waals surface area contributed by atoms with Crippen molar-refractivity contribution in [1.82, 2.24) is 15.2 Å². The molecule has 0 radical (unpaired) electrons. The van der Waals surface area contributed by atoms with Gasteiger partial charge in [0.25, 0.3) is 5.91 Å². The summed E-state index contributed by atoms with van der Waals surface area (Å²) in [5, 5.41) is 10.2. The Labute approximate surface area is 104 Å². The summed E-state index contributed by atoms with van der Waals surface area (Å²) in [4.78, 5) is 15.9. The first-order chi connectivity index (χ1) is 8.70. The molecule has 92 valence electrons. The van der Waals surface area contributed by atoms with Gasteiger partial charge in [-0.1, -0.05) is 6.07 Å². The van der Waals surface area contributed by atoms with E-state index in [0.29, 0.717) is 11.7 Å². The zero-order valence-corrected chi connectivity index (χ0v) is 10.0. The smallest absolute Gasteiger partial charge is 0.277 e. The lowest BCUT2D eigenvalue weighted by atomic mass is 10.3. The number of carbonyl (C=O) groups is 1. The fourth-order valence-electron chi connectivity index (χ4n) is 1.34. The number of anilines is 1. The Bertz CT molecular complexity index is 554. The molecule has 0 aliphatic rings. The molecule has 2 aromatic rings. The minimum absolute atomic E-state index is 0.209. The van der Waals surface area contributed by atoms with Crippen LogP contribution in [0.3, 0.4) is 0 Å². The van der Waals surface area contributed by atoms with Crippen molar-refractivity contribution in [1.29, 1.82) is 0 Å². The molecule has 2 aromatic heterocycles. The van der Waals surface area contributed by atoms with Gasteiger partial charge in [-0.05, 0) is 24.6 Å². The number of hydrogen-bond acceptors (Lipinski definition) is 5. The highest BCUT2D eigenvalue weighted by Crippen LogP contribution is 2.11. The Hall–Kier alpha value is -2.50. The van der Waals surface area contributed by atoms with Gasteiger partial charge in [-0.3, -0.25) is 4.79 Å². The second-order valence-electron chi connectivity index (χ2n) is 3.58. The molecule has 0 saturated heterocycles. The van der Waals surface area contributed by atoms with E-state index in [0.717, 1.165) is 5.56 Å². The predicted molar refractivity (Wildman–Crippen MR) is 65.5 cm³/mol. The lowest BCUT2D eigenvalue weighted by Gasteiger charge is -2.06. The summed E-state index contributed by atoms with van der Waals surface area (Å²) in [6.07, 6.45) is 1.61. The standard InChI is InChI=1S/C12H12N4O2/c1-8-4-3-7-13-11(8)14-12(17)9-5-6-10(18-2)16-15-9/h3-7H,1-2H3,(H,13,14,17). The van der Waals surface area contributed by atoms with Crippen LogP contribution in [0.5, 0.6) is 5.88 Å². The van der Waals surface area contributed by atoms with Gasteiger partial charge < -0.3 is 10.1 Å². The van der Waals surface area contributed by atoms with Crippen LogP contribution in [0, 0.1) is 6.92 Å². The van der Waals surface area contributed by atoms with Crippen molar-refractivity contribution in [3.63, 3.8) is 0 Å². The number of nitrogens with one attached hydrogen (secondary N) is 1. The van der Waals surface area contributed by atoms with Crippen molar-refractivity contribution >= 4 is 11.7 Å². The van der Waals surface area contributed by atoms with Crippen molar-refractivity contribution in [3.8, 4) is 5.88 Å². The second kappa shape index (κ2) is 5.22. The summed E-state index contributed by atoms with van der Waals surface area (Å²) in [7, 11) is 1.49. The highest BCUT2D eigenvalue weighted by Gasteiger charge is 2.10. The van der Waals surface area contributed by atoms with Gasteiger partial charge in [-0.25, -0.2) is 4.98 Å². The second-order valence-corrected chi connectivity index (χ2v) is 3.58. The summed E-state index contributed by atoms with van der Waals surface area (Å²) in [5.74, 6) is 0.521. The Morgan fingerprint density at radius 3 is 2.72 bits per heavy atom. The largest absolute Gasteiger partial charge is 0.480 e. The maximum Gasteiger partial charge on any atom is 0.277 e. The number of carbonyl (C=O) groups excluding carboxylic acids is 1. The molecule has 0 unspecified atom stereocenters. The summed E-state index contributed by atoms with van der Waals surface area (Å²) in [6, 6.07) is 6.78. The molecule has 2 rings (SSSR count). The number of ether oxygens (including phenoxy) is 1. The molecular weight excluding hydrogens is 232 g/mol. The molecule has 2 heterocycles. The van der Waals surface area contributed by atoms with Gasteiger partial charge in [0, 0.05) is 12.3 Å². The van der Waals surface area contributed by atoms with Gasteiger partial charge in [0.2, 0.25) is 5.88 Å². The van der Waals surface area contributed by atoms with Crippen LogP contribution in [0.2, 0.25) is 0 Å². The van der Waals surface area contributed by atoms with Crippen molar-refractivity contribution in [3.05, 3.63) is 41.7 Å². The normalized spacial score (nSPS) is 9.89. The van der Waals surface area contributed by atoms with E-state index in [1.165, 1.54) is 7.11 Å². The first kappa shape index (κ1) is 12.0. The zero-order valence-electron chi connectivity index (χ0n) is 10.0. The monoisotopic (exact) mass is 244 g/mol. The predicted octanol–water partition coefficient (Wildman–Crippen LogP) is 1.44. The SMILES string of the molecule is COc1ccc(C(=O)Nc2ncccc2C)nn1. The van der Waals surface area contributed by atoms with Crippen LogP contribution in [-0.2, 0) is 0 Å². The van der Waals surface area contributed by atoms with Crippen LogP contribution in [0.25, 0.3) is 0 Å². The van der Waals surface area contributed by atoms with Crippen LogP contribution < -0.4 is 10.1 Å². The molecule has 18 heavy (non-hydrogen) atoms. The van der Waals surface area contributed by atoms with E-state index < -0.39 is 0 Å². The van der Waals surface area contributed by atoms with E-state index in [1.807, 2.05) is 13.0 Å². The van der Waals surface area contributed by atoms with Gasteiger partial charge >= 0.3 is 0 Å². The third-order valence-corrected chi connectivity index (χ3v) is 2.32. The Morgan fingerprint density at radius 1 is 1.28 bits per heavy atom. The third kappa shape index (κ3) is 2.60. The molecule has 0 bridgehead atoms. The summed E-state index contributed by atoms with van der Waals surface area (Å²) >= 11 is 0. The van der Waals surface area contributed by atoms with Gasteiger partial charge in [-0.15, -0.1) is 10.2 Å². The minimum atomic E-state index is -0.355. The van der Waals surface area contributed by atoms with Gasteiger partial charge in [0.1, 0.15) is 5.82 Å². The third-order valence-electron chi connectivity index (χ3n) is 2.32. The average molecular weight is 244 g/mol. The molecule has 0 aliphatic heterocycles. The first-order valence-corrected chi connectivity index (χ1v) is 5.31. The maximum atomic E-state index is 11.9. The van der Waals surface area contributed by atoms with Crippen LogP contribution in [0.15, 0.2) is 30.5 Å². The average Bonchev–Trinajstić information content (AvgIpc) is 2.41. The molecular formula is C12H12N4O2. The van der Waals surface area contributed by atoms with Crippen molar-refractivity contribution in [2.45, 2.75) is 6.92 Å². The quantitative estimate of drug-likeness (QED) is 0.884. The van der Waals surface area contributed by atoms with Gasteiger partial charge in [-0.2, -0.15) is 0 Å². The number of aryl methyl sites for hydroxylation is 1. The van der Waals surface area contributed by atoms with Gasteiger partial charge in [0.05, 0.1) is 7.11 Å². The van der Waals surface area contributed by atoms with E-state index >= 15 is 0 Å². The van der Waals surface area contributed by atoms with Crippen molar-refractivity contribution in [2.75, 3.05) is 12.4 Å². The topological polar surface area (TPSA) is 77.0 Å². The number of methoxy groups -OCH3 is 1. The molecule has 0 spiro atoms. The number of hydrogen-bond donors (Lipinski definition) is 1. The Morgan fingerprint density at radius 2 is 2.11 bits per heavy atom. The molecule has 6 heteroatoms. The fraction of sp³-hybridized carbons (Fsp3) is 0.167. The fourth-order valence-corrected chi connectivity index (χ4v) is 1.34. The molecule has 1 N–H and O–H groups in total. The van der Waals surface area contributed by atoms with Crippen LogP contribution in [0.1, 0.15) is 16.1 Å². The minimum Gasteiger partial charge on any atom is -0.480 e. The number of nitrogens with zero attached hydrogens (tertiary/aromatic N) is 3. The van der Waals surface area contributed by atoms with E-state index in [-0.39, 0.29) is 11.6 Å². The van der Waals surface area contributed by atoms with Gasteiger partial charge in [0.15, 0.2) is 5.69 Å². The lowest BCUT2D eigenvalue weighted by molar-refractivity contribution is 0.102. The Kier molecular flexibility index (Phi) is 3.47. The summed E-state index contributed by atoms with van der Waals surface area (Å²) < 4.78 is 4.87. The summed E-state index contributed by atoms with van der Waals surface area (Å²) in [6.45, 7) is 1.86. The van der Waals surface area contributed by atoms with Crippen LogP contribution in [-0.4, -0.2) is 28.2 Å². The maximum absolute atomic E-state index is 11.9. The number of aromatic nitrogens is 3. The molecule has 1 amide bonds. The molecule has 0 saturated carbocycles. The highest BCUT2D eigenvalue weighted by atomic mass is 16.5. The van der Waals surface area contributed by atoms with E-state index in [1.54, 1.807) is 24.4 Å². The van der Waals surface area contributed by atoms with Crippen molar-refractivity contribution in [2.24, 2.45) is 0 Å². The Balaban J connectivity index is 2.14. The molecule has 6 nitrogen and oxygen atoms in total. The van der Waals surface area contributed by atoms with Crippen LogP contribution >= 0.6 is 0 Å². The zero-order chi connectivity index (χ0) is 13.0.